The lowest BCUT2D eigenvalue weighted by molar-refractivity contribution is -0.116. The lowest BCUT2D eigenvalue weighted by atomic mass is 10.1. The molecule has 0 spiro atoms. The average Bonchev–Trinajstić information content (AvgIpc) is 3.18. The summed E-state index contributed by atoms with van der Waals surface area (Å²) in [5.41, 5.74) is 4.67. The molecule has 1 aromatic heterocycles. The third kappa shape index (κ3) is 7.22. The number of aromatic nitrogens is 1. The van der Waals surface area contributed by atoms with Crippen molar-refractivity contribution in [3.8, 4) is 10.6 Å². The molecule has 0 atom stereocenters. The Morgan fingerprint density at radius 1 is 0.968 bits per heavy atom. The van der Waals surface area contributed by atoms with E-state index < -0.39 is 0 Å². The number of hydrogen-bond donors (Lipinski definition) is 3. The Bertz CT molecular complexity index is 1010. The van der Waals surface area contributed by atoms with Crippen LogP contribution < -0.4 is 16.0 Å². The highest BCUT2D eigenvalue weighted by molar-refractivity contribution is 7.13. The van der Waals surface area contributed by atoms with Crippen molar-refractivity contribution in [1.29, 1.82) is 0 Å². The largest absolute Gasteiger partial charge is 0.337 e. The van der Waals surface area contributed by atoms with E-state index in [1.807, 2.05) is 19.2 Å². The molecule has 0 unspecified atom stereocenters. The topological polar surface area (TPSA) is 83.1 Å². The van der Waals surface area contributed by atoms with Crippen molar-refractivity contribution in [1.82, 2.24) is 10.3 Å². The maximum atomic E-state index is 12.1. The van der Waals surface area contributed by atoms with Crippen LogP contribution in [-0.4, -0.2) is 23.5 Å². The predicted molar refractivity (Wildman–Crippen MR) is 128 cm³/mol. The second-order valence-corrected chi connectivity index (χ2v) is 8.72. The number of amides is 3. The fourth-order valence-corrected chi connectivity index (χ4v) is 3.81. The van der Waals surface area contributed by atoms with E-state index in [2.05, 4.69) is 52.1 Å². The first-order chi connectivity index (χ1) is 14.9. The van der Waals surface area contributed by atoms with Crippen LogP contribution >= 0.6 is 11.3 Å². The predicted octanol–water partition coefficient (Wildman–Crippen LogP) is 5.47. The Labute approximate surface area is 187 Å². The molecule has 0 aliphatic heterocycles. The zero-order chi connectivity index (χ0) is 22.2. The van der Waals surface area contributed by atoms with Gasteiger partial charge in [-0.05, 0) is 37.1 Å². The number of nitrogens with zero attached hydrogens (tertiary/aromatic N) is 1. The lowest BCUT2D eigenvalue weighted by Gasteiger charge is -2.09. The average molecular weight is 437 g/mol. The van der Waals surface area contributed by atoms with Gasteiger partial charge in [0.1, 0.15) is 5.01 Å². The smallest absolute Gasteiger partial charge is 0.319 e. The maximum Gasteiger partial charge on any atom is 0.319 e. The van der Waals surface area contributed by atoms with Crippen molar-refractivity contribution in [2.24, 2.45) is 5.92 Å². The van der Waals surface area contributed by atoms with Crippen LogP contribution in [0.5, 0.6) is 0 Å². The summed E-state index contributed by atoms with van der Waals surface area (Å²) < 4.78 is 0. The summed E-state index contributed by atoms with van der Waals surface area (Å²) in [6.07, 6.45) is 1.14. The van der Waals surface area contributed by atoms with E-state index in [1.54, 1.807) is 35.6 Å². The molecule has 3 aromatic rings. The molecule has 0 fully saturated rings. The van der Waals surface area contributed by atoms with Crippen molar-refractivity contribution in [2.45, 2.75) is 33.6 Å². The van der Waals surface area contributed by atoms with Crippen molar-refractivity contribution in [3.05, 3.63) is 65.2 Å². The minimum Gasteiger partial charge on any atom is -0.337 e. The van der Waals surface area contributed by atoms with E-state index in [1.165, 1.54) is 5.56 Å². The summed E-state index contributed by atoms with van der Waals surface area (Å²) in [5.74, 6) is 0.295. The molecule has 0 aliphatic carbocycles. The van der Waals surface area contributed by atoms with Gasteiger partial charge in [-0.25, -0.2) is 9.78 Å². The molecule has 162 valence electrons. The lowest BCUT2D eigenvalue weighted by Crippen LogP contribution is -2.30. The van der Waals surface area contributed by atoms with Crippen molar-refractivity contribution in [3.63, 3.8) is 0 Å². The van der Waals surface area contributed by atoms with Gasteiger partial charge in [0, 0.05) is 41.7 Å². The Balaban J connectivity index is 1.42. The van der Waals surface area contributed by atoms with Crippen LogP contribution in [0.3, 0.4) is 0 Å². The van der Waals surface area contributed by atoms with Crippen LogP contribution in [-0.2, 0) is 11.2 Å². The van der Waals surface area contributed by atoms with Gasteiger partial charge in [-0.3, -0.25) is 4.79 Å². The minimum atomic E-state index is -0.273. The highest BCUT2D eigenvalue weighted by Gasteiger charge is 2.07. The summed E-state index contributed by atoms with van der Waals surface area (Å²) in [6, 6.07) is 15.1. The monoisotopic (exact) mass is 436 g/mol. The van der Waals surface area contributed by atoms with Crippen molar-refractivity contribution in [2.75, 3.05) is 17.2 Å². The molecule has 2 aromatic carbocycles. The number of anilines is 2. The van der Waals surface area contributed by atoms with Gasteiger partial charge in [-0.1, -0.05) is 43.7 Å². The Morgan fingerprint density at radius 2 is 1.61 bits per heavy atom. The van der Waals surface area contributed by atoms with Crippen molar-refractivity contribution < 1.29 is 9.59 Å². The van der Waals surface area contributed by atoms with Gasteiger partial charge in [-0.2, -0.15) is 0 Å². The number of thiazole rings is 1. The molecular weight excluding hydrogens is 408 g/mol. The molecule has 7 heteroatoms. The molecule has 0 aliphatic rings. The van der Waals surface area contributed by atoms with Crippen LogP contribution in [0.15, 0.2) is 53.9 Å². The zero-order valence-corrected chi connectivity index (χ0v) is 18.9. The summed E-state index contributed by atoms with van der Waals surface area (Å²) in [7, 11) is 0. The van der Waals surface area contributed by atoms with Gasteiger partial charge in [-0.15, -0.1) is 11.3 Å². The number of carbonyl (C=O) groups is 2. The highest BCUT2D eigenvalue weighted by atomic mass is 32.1. The van der Waals surface area contributed by atoms with Crippen LogP contribution in [0.4, 0.5) is 16.2 Å². The number of rotatable bonds is 8. The fourth-order valence-electron chi connectivity index (χ4n) is 2.95. The SMILES string of the molecule is Cc1ccc(-c2nc(CCNC(=O)Nc3ccc(NC(=O)CC(C)C)cc3)cs2)cc1. The Morgan fingerprint density at radius 3 is 2.26 bits per heavy atom. The number of benzene rings is 2. The number of carbonyl (C=O) groups excluding carboxylic acids is 2. The highest BCUT2D eigenvalue weighted by Crippen LogP contribution is 2.24. The molecular formula is C24H28N4O2S. The first-order valence-corrected chi connectivity index (χ1v) is 11.2. The summed E-state index contributed by atoms with van der Waals surface area (Å²) in [6.45, 7) is 6.56. The molecule has 0 saturated heterocycles. The zero-order valence-electron chi connectivity index (χ0n) is 18.1. The Hall–Kier alpha value is -3.19. The molecule has 1 heterocycles. The van der Waals surface area contributed by atoms with E-state index >= 15 is 0 Å². The van der Waals surface area contributed by atoms with Gasteiger partial charge in [0.05, 0.1) is 5.69 Å². The molecule has 3 rings (SSSR count). The van der Waals surface area contributed by atoms with E-state index in [4.69, 9.17) is 0 Å². The molecule has 3 N–H and O–H groups in total. The number of aryl methyl sites for hydroxylation is 1. The first kappa shape index (κ1) is 22.5. The summed E-state index contributed by atoms with van der Waals surface area (Å²) in [5, 5.41) is 11.5. The third-order valence-electron chi connectivity index (χ3n) is 4.54. The summed E-state index contributed by atoms with van der Waals surface area (Å²) in [4.78, 5) is 28.6. The number of urea groups is 1. The normalized spacial score (nSPS) is 10.7. The molecule has 6 nitrogen and oxygen atoms in total. The van der Waals surface area contributed by atoms with Gasteiger partial charge in [0.15, 0.2) is 0 Å². The van der Waals surface area contributed by atoms with Crippen LogP contribution in [0.2, 0.25) is 0 Å². The quantitative estimate of drug-likeness (QED) is 0.438. The second-order valence-electron chi connectivity index (χ2n) is 7.86. The standard InChI is InChI=1S/C24H28N4O2S/c1-16(2)14-22(29)26-19-8-10-20(11-9-19)28-24(30)25-13-12-21-15-31-23(27-21)18-6-4-17(3)5-7-18/h4-11,15-16H,12-14H2,1-3H3,(H,26,29)(H2,25,28,30). The van der Waals surface area contributed by atoms with Gasteiger partial charge < -0.3 is 16.0 Å². The van der Waals surface area contributed by atoms with Gasteiger partial charge in [0.25, 0.3) is 0 Å². The molecule has 0 radical (unpaired) electrons. The van der Waals surface area contributed by atoms with Crippen LogP contribution in [0.1, 0.15) is 31.5 Å². The van der Waals surface area contributed by atoms with E-state index in [9.17, 15) is 9.59 Å². The minimum absolute atomic E-state index is 0.0129. The van der Waals surface area contributed by atoms with Crippen molar-refractivity contribution >= 4 is 34.6 Å². The molecule has 0 saturated carbocycles. The maximum absolute atomic E-state index is 12.1. The molecule has 3 amide bonds. The van der Waals surface area contributed by atoms with Crippen LogP contribution in [0, 0.1) is 12.8 Å². The summed E-state index contributed by atoms with van der Waals surface area (Å²) >= 11 is 1.61. The van der Waals surface area contributed by atoms with Gasteiger partial charge in [0.2, 0.25) is 5.91 Å². The van der Waals surface area contributed by atoms with Gasteiger partial charge >= 0.3 is 6.03 Å². The third-order valence-corrected chi connectivity index (χ3v) is 5.48. The van der Waals surface area contributed by atoms with E-state index in [0.717, 1.165) is 16.3 Å². The van der Waals surface area contributed by atoms with E-state index in [0.29, 0.717) is 36.7 Å². The number of hydrogen-bond acceptors (Lipinski definition) is 4. The first-order valence-electron chi connectivity index (χ1n) is 10.4. The fraction of sp³-hybridized carbons (Fsp3) is 0.292. The second kappa shape index (κ2) is 10.7. The Kier molecular flexibility index (Phi) is 7.78. The molecule has 0 bridgehead atoms. The van der Waals surface area contributed by atoms with E-state index in [-0.39, 0.29) is 11.9 Å². The molecule has 31 heavy (non-hydrogen) atoms. The van der Waals surface area contributed by atoms with Crippen LogP contribution in [0.25, 0.3) is 10.6 Å². The number of nitrogens with one attached hydrogen (secondary N) is 3.